The lowest BCUT2D eigenvalue weighted by atomic mass is 9.90. The van der Waals surface area contributed by atoms with Gasteiger partial charge in [0, 0.05) is 47.5 Å². The van der Waals surface area contributed by atoms with Gasteiger partial charge in [-0.1, -0.05) is 24.3 Å². The third-order valence-corrected chi connectivity index (χ3v) is 5.30. The lowest BCUT2D eigenvalue weighted by Gasteiger charge is -2.20. The third kappa shape index (κ3) is 4.38. The Labute approximate surface area is 181 Å². The summed E-state index contributed by atoms with van der Waals surface area (Å²) in [6.07, 6.45) is 5.24. The van der Waals surface area contributed by atoms with E-state index >= 15 is 0 Å². The SMILES string of the molecule is CCOc1ccc(C(CNC(=O)c2ccncc2)c2c[nH]c3ccccc23)cc1OC. The van der Waals surface area contributed by atoms with E-state index in [0.29, 0.717) is 30.2 Å². The van der Waals surface area contributed by atoms with Gasteiger partial charge in [-0.25, -0.2) is 0 Å². The summed E-state index contributed by atoms with van der Waals surface area (Å²) < 4.78 is 11.2. The van der Waals surface area contributed by atoms with Crippen LogP contribution in [0.1, 0.15) is 34.3 Å². The molecular weight excluding hydrogens is 390 g/mol. The van der Waals surface area contributed by atoms with Gasteiger partial charge in [0.1, 0.15) is 0 Å². The minimum absolute atomic E-state index is 0.0773. The predicted octanol–water partition coefficient (Wildman–Crippen LogP) is 4.53. The molecule has 4 aromatic rings. The minimum Gasteiger partial charge on any atom is -0.493 e. The quantitative estimate of drug-likeness (QED) is 0.443. The topological polar surface area (TPSA) is 76.2 Å². The molecule has 6 heteroatoms. The number of methoxy groups -OCH3 is 1. The number of amides is 1. The molecule has 0 bridgehead atoms. The van der Waals surface area contributed by atoms with Crippen molar-refractivity contribution >= 4 is 16.8 Å². The number of nitrogens with zero attached hydrogens (tertiary/aromatic N) is 1. The van der Waals surface area contributed by atoms with Crippen LogP contribution in [0.3, 0.4) is 0 Å². The van der Waals surface area contributed by atoms with Gasteiger partial charge in [-0.3, -0.25) is 9.78 Å². The first-order valence-corrected chi connectivity index (χ1v) is 10.3. The molecule has 2 aromatic heterocycles. The fourth-order valence-electron chi connectivity index (χ4n) is 3.77. The molecule has 1 atom stereocenters. The van der Waals surface area contributed by atoms with Gasteiger partial charge in [-0.2, -0.15) is 0 Å². The van der Waals surface area contributed by atoms with E-state index in [2.05, 4.69) is 21.4 Å². The Hall–Kier alpha value is -3.80. The molecule has 0 aliphatic carbocycles. The van der Waals surface area contributed by atoms with Crippen LogP contribution in [0.4, 0.5) is 0 Å². The lowest BCUT2D eigenvalue weighted by Crippen LogP contribution is -2.29. The molecule has 0 fully saturated rings. The number of H-pyrrole nitrogens is 1. The zero-order valence-corrected chi connectivity index (χ0v) is 17.6. The van der Waals surface area contributed by atoms with Gasteiger partial charge >= 0.3 is 0 Å². The molecule has 0 aliphatic rings. The molecule has 0 spiro atoms. The Morgan fingerprint density at radius 1 is 1.10 bits per heavy atom. The summed E-state index contributed by atoms with van der Waals surface area (Å²) in [6, 6.07) is 17.5. The standard InChI is InChI=1S/C25H25N3O3/c1-3-31-23-9-8-18(14-24(23)30-2)20(15-28-25(29)17-10-12-26-13-11-17)21-16-27-22-7-5-4-6-19(21)22/h4-14,16,20,27H,3,15H2,1-2H3,(H,28,29). The van der Waals surface area contributed by atoms with Gasteiger partial charge in [0.25, 0.3) is 5.91 Å². The van der Waals surface area contributed by atoms with Gasteiger partial charge in [-0.05, 0) is 48.4 Å². The number of fused-ring (bicyclic) bond motifs is 1. The fraction of sp³-hybridized carbons (Fsp3) is 0.200. The van der Waals surface area contributed by atoms with Crippen LogP contribution in [-0.4, -0.2) is 36.1 Å². The average Bonchev–Trinajstić information content (AvgIpc) is 3.24. The lowest BCUT2D eigenvalue weighted by molar-refractivity contribution is 0.0952. The maximum Gasteiger partial charge on any atom is 0.251 e. The molecule has 6 nitrogen and oxygen atoms in total. The Morgan fingerprint density at radius 3 is 2.68 bits per heavy atom. The number of hydrogen-bond donors (Lipinski definition) is 2. The van der Waals surface area contributed by atoms with Gasteiger partial charge in [0.05, 0.1) is 13.7 Å². The highest BCUT2D eigenvalue weighted by molar-refractivity contribution is 5.94. The normalized spacial score (nSPS) is 11.8. The van der Waals surface area contributed by atoms with Crippen LogP contribution in [0.2, 0.25) is 0 Å². The number of pyridine rings is 1. The highest BCUT2D eigenvalue weighted by Crippen LogP contribution is 2.35. The van der Waals surface area contributed by atoms with E-state index in [1.165, 1.54) is 0 Å². The third-order valence-electron chi connectivity index (χ3n) is 5.30. The predicted molar refractivity (Wildman–Crippen MR) is 121 cm³/mol. The van der Waals surface area contributed by atoms with Crippen LogP contribution in [0.5, 0.6) is 11.5 Å². The zero-order chi connectivity index (χ0) is 21.6. The molecule has 2 heterocycles. The van der Waals surface area contributed by atoms with Crippen LogP contribution in [-0.2, 0) is 0 Å². The molecule has 2 N–H and O–H groups in total. The van der Waals surface area contributed by atoms with Crippen molar-refractivity contribution in [3.05, 3.63) is 89.9 Å². The van der Waals surface area contributed by atoms with Gasteiger partial charge in [0.2, 0.25) is 0 Å². The van der Waals surface area contributed by atoms with E-state index in [1.807, 2.05) is 49.5 Å². The molecule has 0 aliphatic heterocycles. The molecule has 0 saturated heterocycles. The second-order valence-electron chi connectivity index (χ2n) is 7.13. The number of hydrogen-bond acceptors (Lipinski definition) is 4. The highest BCUT2D eigenvalue weighted by Gasteiger charge is 2.21. The summed E-state index contributed by atoms with van der Waals surface area (Å²) in [4.78, 5) is 20.0. The van der Waals surface area contributed by atoms with E-state index in [4.69, 9.17) is 9.47 Å². The maximum absolute atomic E-state index is 12.7. The van der Waals surface area contributed by atoms with E-state index in [9.17, 15) is 4.79 Å². The zero-order valence-electron chi connectivity index (χ0n) is 17.6. The number of aromatic amines is 1. The molecule has 0 saturated carbocycles. The summed E-state index contributed by atoms with van der Waals surface area (Å²) in [7, 11) is 1.63. The largest absolute Gasteiger partial charge is 0.493 e. The Bertz CT molecular complexity index is 1170. The molecule has 1 unspecified atom stereocenters. The molecule has 2 aromatic carbocycles. The Morgan fingerprint density at radius 2 is 1.90 bits per heavy atom. The number of carbonyl (C=O) groups excluding carboxylic acids is 1. The number of ether oxygens (including phenoxy) is 2. The molecule has 31 heavy (non-hydrogen) atoms. The van der Waals surface area contributed by atoms with Crippen LogP contribution in [0, 0.1) is 0 Å². The molecule has 4 rings (SSSR count). The summed E-state index contributed by atoms with van der Waals surface area (Å²) >= 11 is 0. The van der Waals surface area contributed by atoms with Gasteiger partial charge in [0.15, 0.2) is 11.5 Å². The van der Waals surface area contributed by atoms with E-state index < -0.39 is 0 Å². The Balaban J connectivity index is 1.70. The second kappa shape index (κ2) is 9.34. The van der Waals surface area contributed by atoms with Crippen molar-refractivity contribution in [3.8, 4) is 11.5 Å². The summed E-state index contributed by atoms with van der Waals surface area (Å²) in [5, 5.41) is 4.20. The number of nitrogens with one attached hydrogen (secondary N) is 2. The Kier molecular flexibility index (Phi) is 6.17. The van der Waals surface area contributed by atoms with Crippen LogP contribution in [0.25, 0.3) is 10.9 Å². The fourth-order valence-corrected chi connectivity index (χ4v) is 3.77. The summed E-state index contributed by atoms with van der Waals surface area (Å²) in [5.74, 6) is 1.16. The summed E-state index contributed by atoms with van der Waals surface area (Å²) in [5.41, 5.74) is 3.77. The number of aromatic nitrogens is 2. The van der Waals surface area contributed by atoms with Crippen molar-refractivity contribution < 1.29 is 14.3 Å². The van der Waals surface area contributed by atoms with Crippen molar-refractivity contribution in [2.75, 3.05) is 20.3 Å². The van der Waals surface area contributed by atoms with Gasteiger partial charge < -0.3 is 19.8 Å². The summed E-state index contributed by atoms with van der Waals surface area (Å²) in [6.45, 7) is 2.93. The second-order valence-corrected chi connectivity index (χ2v) is 7.13. The van der Waals surface area contributed by atoms with E-state index in [-0.39, 0.29) is 11.8 Å². The molecule has 0 radical (unpaired) electrons. The van der Waals surface area contributed by atoms with Gasteiger partial charge in [-0.15, -0.1) is 0 Å². The van der Waals surface area contributed by atoms with E-state index in [0.717, 1.165) is 22.0 Å². The number of rotatable bonds is 8. The van der Waals surface area contributed by atoms with Crippen molar-refractivity contribution in [3.63, 3.8) is 0 Å². The maximum atomic E-state index is 12.7. The van der Waals surface area contributed by atoms with Crippen molar-refractivity contribution in [1.82, 2.24) is 15.3 Å². The van der Waals surface area contributed by atoms with Crippen LogP contribution >= 0.6 is 0 Å². The average molecular weight is 415 g/mol. The van der Waals surface area contributed by atoms with E-state index in [1.54, 1.807) is 31.6 Å². The number of carbonyl (C=O) groups is 1. The van der Waals surface area contributed by atoms with Crippen molar-refractivity contribution in [2.24, 2.45) is 0 Å². The monoisotopic (exact) mass is 415 g/mol. The molecule has 1 amide bonds. The highest BCUT2D eigenvalue weighted by atomic mass is 16.5. The number of benzene rings is 2. The van der Waals surface area contributed by atoms with Crippen molar-refractivity contribution in [1.29, 1.82) is 0 Å². The van der Waals surface area contributed by atoms with Crippen LogP contribution in [0.15, 0.2) is 73.2 Å². The first-order valence-electron chi connectivity index (χ1n) is 10.3. The first kappa shape index (κ1) is 20.5. The molecule has 158 valence electrons. The minimum atomic E-state index is -0.134. The van der Waals surface area contributed by atoms with Crippen molar-refractivity contribution in [2.45, 2.75) is 12.8 Å². The van der Waals surface area contributed by atoms with Crippen LogP contribution < -0.4 is 14.8 Å². The molecular formula is C25H25N3O3. The smallest absolute Gasteiger partial charge is 0.251 e. The first-order chi connectivity index (χ1) is 15.2. The number of para-hydroxylation sites is 1.